The van der Waals surface area contributed by atoms with Gasteiger partial charge in [0.15, 0.2) is 0 Å². The van der Waals surface area contributed by atoms with E-state index in [4.69, 9.17) is 9.47 Å². The topological polar surface area (TPSA) is 52.6 Å². The Kier molecular flexibility index (Phi) is 3.35. The van der Waals surface area contributed by atoms with E-state index in [1.165, 1.54) is 0 Å². The zero-order valence-corrected chi connectivity index (χ0v) is 12.6. The molecule has 0 saturated carbocycles. The van der Waals surface area contributed by atoms with Gasteiger partial charge in [0.05, 0.1) is 11.1 Å². The first-order valence-electron chi connectivity index (χ1n) is 7.45. The van der Waals surface area contributed by atoms with Crippen LogP contribution in [0.4, 0.5) is 0 Å². The van der Waals surface area contributed by atoms with Gasteiger partial charge >= 0.3 is 11.9 Å². The van der Waals surface area contributed by atoms with E-state index < -0.39 is 11.9 Å². The molecule has 0 fully saturated rings. The Morgan fingerprint density at radius 2 is 0.917 bits per heavy atom. The predicted molar refractivity (Wildman–Crippen MR) is 88.0 cm³/mol. The van der Waals surface area contributed by atoms with E-state index in [9.17, 15) is 9.59 Å². The second kappa shape index (κ2) is 5.66. The molecule has 0 unspecified atom stereocenters. The van der Waals surface area contributed by atoms with Gasteiger partial charge in [0.25, 0.3) is 0 Å². The smallest absolute Gasteiger partial charge is 0.344 e. The summed E-state index contributed by atoms with van der Waals surface area (Å²) < 4.78 is 10.6. The highest BCUT2D eigenvalue weighted by atomic mass is 16.5. The molecule has 4 heteroatoms. The van der Waals surface area contributed by atoms with Crippen molar-refractivity contribution in [3.05, 3.63) is 95.1 Å². The van der Waals surface area contributed by atoms with Crippen LogP contribution in [0.3, 0.4) is 0 Å². The van der Waals surface area contributed by atoms with Crippen LogP contribution in [-0.2, 0) is 19.1 Å². The molecule has 2 aromatic carbocycles. The quantitative estimate of drug-likeness (QED) is 0.629. The van der Waals surface area contributed by atoms with E-state index in [0.717, 1.165) is 11.1 Å². The van der Waals surface area contributed by atoms with E-state index >= 15 is 0 Å². The third-order valence-electron chi connectivity index (χ3n) is 3.80. The number of esters is 2. The second-order valence-electron chi connectivity index (χ2n) is 5.36. The number of carbonyl (C=O) groups excluding carboxylic acids is 2. The molecule has 0 N–H and O–H groups in total. The molecule has 2 aromatic rings. The normalized spacial score (nSPS) is 19.7. The number of hydrogen-bond acceptors (Lipinski definition) is 4. The average molecular weight is 316 g/mol. The molecule has 2 aliphatic heterocycles. The van der Waals surface area contributed by atoms with Crippen LogP contribution in [0, 0.1) is 0 Å². The zero-order valence-electron chi connectivity index (χ0n) is 12.6. The van der Waals surface area contributed by atoms with E-state index in [1.54, 1.807) is 12.2 Å². The molecular weight excluding hydrogens is 304 g/mol. The second-order valence-corrected chi connectivity index (χ2v) is 5.36. The van der Waals surface area contributed by atoms with Crippen molar-refractivity contribution in [3.8, 4) is 0 Å². The molecule has 4 nitrogen and oxygen atoms in total. The number of cyclic esters (lactones) is 2. The molecule has 0 aromatic heterocycles. The monoisotopic (exact) mass is 316 g/mol. The van der Waals surface area contributed by atoms with Gasteiger partial charge < -0.3 is 9.47 Å². The van der Waals surface area contributed by atoms with Crippen LogP contribution in [-0.4, -0.2) is 11.9 Å². The van der Waals surface area contributed by atoms with Crippen LogP contribution < -0.4 is 0 Å². The van der Waals surface area contributed by atoms with E-state index in [2.05, 4.69) is 0 Å². The number of carbonyl (C=O) groups is 2. The van der Waals surface area contributed by atoms with E-state index in [1.807, 2.05) is 60.7 Å². The van der Waals surface area contributed by atoms with Gasteiger partial charge in [-0.3, -0.25) is 0 Å². The summed E-state index contributed by atoms with van der Waals surface area (Å²) >= 11 is 0. The number of rotatable bonds is 2. The first-order chi connectivity index (χ1) is 11.7. The standard InChI is InChI=1S/C20H12O4/c21-19-15(11-17(23-19)13-7-3-1-4-8-13)16-12-18(24-20(16)22)14-9-5-2-6-10-14/h1-12H/b16-15+. The fourth-order valence-electron chi connectivity index (χ4n) is 2.61. The number of benzene rings is 2. The summed E-state index contributed by atoms with van der Waals surface area (Å²) in [5.41, 5.74) is 1.98. The van der Waals surface area contributed by atoms with E-state index in [0.29, 0.717) is 11.5 Å². The molecular formula is C20H12O4. The minimum atomic E-state index is -0.550. The van der Waals surface area contributed by atoms with Crippen LogP contribution in [0.25, 0.3) is 11.5 Å². The molecule has 24 heavy (non-hydrogen) atoms. The molecule has 0 spiro atoms. The van der Waals surface area contributed by atoms with Crippen molar-refractivity contribution in [1.82, 2.24) is 0 Å². The lowest BCUT2D eigenvalue weighted by Crippen LogP contribution is -2.05. The molecule has 2 aliphatic rings. The van der Waals surface area contributed by atoms with Gasteiger partial charge in [-0.15, -0.1) is 0 Å². The largest absolute Gasteiger partial charge is 0.422 e. The predicted octanol–water partition coefficient (Wildman–Crippen LogP) is 3.48. The van der Waals surface area contributed by atoms with Crippen LogP contribution in [0.1, 0.15) is 11.1 Å². The SMILES string of the molecule is O=C1OC(c2ccccc2)=C/C1=C1/C=C(c2ccccc2)OC1=O. The fraction of sp³-hybridized carbons (Fsp3) is 0. The van der Waals surface area contributed by atoms with Gasteiger partial charge in [-0.2, -0.15) is 0 Å². The van der Waals surface area contributed by atoms with Crippen LogP contribution in [0.2, 0.25) is 0 Å². The lowest BCUT2D eigenvalue weighted by atomic mass is 10.1. The van der Waals surface area contributed by atoms with Gasteiger partial charge in [0.2, 0.25) is 0 Å². The first kappa shape index (κ1) is 14.2. The molecule has 0 aliphatic carbocycles. The lowest BCUT2D eigenvalue weighted by molar-refractivity contribution is -0.133. The van der Waals surface area contributed by atoms with Crippen molar-refractivity contribution < 1.29 is 19.1 Å². The molecule has 4 rings (SSSR count). The van der Waals surface area contributed by atoms with Crippen LogP contribution in [0.15, 0.2) is 84.0 Å². The van der Waals surface area contributed by atoms with Crippen molar-refractivity contribution >= 4 is 23.5 Å². The summed E-state index contributed by atoms with van der Waals surface area (Å²) in [7, 11) is 0. The Bertz CT molecular complexity index is 841. The van der Waals surface area contributed by atoms with Gasteiger partial charge in [0.1, 0.15) is 11.5 Å². The molecule has 2 heterocycles. The van der Waals surface area contributed by atoms with Crippen LogP contribution >= 0.6 is 0 Å². The van der Waals surface area contributed by atoms with Crippen LogP contribution in [0.5, 0.6) is 0 Å². The Labute approximate surface area is 138 Å². The number of hydrogen-bond donors (Lipinski definition) is 0. The summed E-state index contributed by atoms with van der Waals surface area (Å²) in [6, 6.07) is 18.5. The van der Waals surface area contributed by atoms with Crippen molar-refractivity contribution in [2.75, 3.05) is 0 Å². The van der Waals surface area contributed by atoms with Crippen molar-refractivity contribution in [2.45, 2.75) is 0 Å². The van der Waals surface area contributed by atoms with Crippen molar-refractivity contribution in [1.29, 1.82) is 0 Å². The Hall–Kier alpha value is -3.40. The minimum Gasteiger partial charge on any atom is -0.422 e. The summed E-state index contributed by atoms with van der Waals surface area (Å²) in [5.74, 6) is -0.243. The molecule has 116 valence electrons. The maximum absolute atomic E-state index is 12.2. The summed E-state index contributed by atoms with van der Waals surface area (Å²) in [5, 5.41) is 0. The zero-order chi connectivity index (χ0) is 16.5. The minimum absolute atomic E-state index is 0.213. The molecule has 0 bridgehead atoms. The van der Waals surface area contributed by atoms with Crippen molar-refractivity contribution in [2.24, 2.45) is 0 Å². The maximum atomic E-state index is 12.2. The van der Waals surface area contributed by atoms with Gasteiger partial charge in [-0.1, -0.05) is 60.7 Å². The first-order valence-corrected chi connectivity index (χ1v) is 7.45. The molecule has 0 radical (unpaired) electrons. The lowest BCUT2D eigenvalue weighted by Gasteiger charge is -2.00. The fourth-order valence-corrected chi connectivity index (χ4v) is 2.61. The Morgan fingerprint density at radius 3 is 1.29 bits per heavy atom. The maximum Gasteiger partial charge on any atom is 0.344 e. The van der Waals surface area contributed by atoms with Gasteiger partial charge in [-0.05, 0) is 12.2 Å². The summed E-state index contributed by atoms with van der Waals surface area (Å²) in [6.07, 6.45) is 3.16. The third-order valence-corrected chi connectivity index (χ3v) is 3.80. The molecule has 0 saturated heterocycles. The average Bonchev–Trinajstić information content (AvgIpc) is 3.19. The molecule has 0 amide bonds. The highest BCUT2D eigenvalue weighted by Gasteiger charge is 2.32. The number of ether oxygens (including phenoxy) is 2. The van der Waals surface area contributed by atoms with E-state index in [-0.39, 0.29) is 11.1 Å². The molecule has 0 atom stereocenters. The van der Waals surface area contributed by atoms with Crippen molar-refractivity contribution in [3.63, 3.8) is 0 Å². The highest BCUT2D eigenvalue weighted by molar-refractivity contribution is 6.12. The highest BCUT2D eigenvalue weighted by Crippen LogP contribution is 2.33. The third kappa shape index (κ3) is 2.44. The van der Waals surface area contributed by atoms with Gasteiger partial charge in [-0.25, -0.2) is 9.59 Å². The van der Waals surface area contributed by atoms with Gasteiger partial charge in [0, 0.05) is 11.1 Å². The Morgan fingerprint density at radius 1 is 0.542 bits per heavy atom. The summed E-state index contributed by atoms with van der Waals surface area (Å²) in [6.45, 7) is 0. The summed E-state index contributed by atoms with van der Waals surface area (Å²) in [4.78, 5) is 24.3. The Balaban J connectivity index is 1.76.